The number of hydrogen-bond acceptors (Lipinski definition) is 6. The fraction of sp³-hybridized carbons (Fsp3) is 0.240. The van der Waals surface area contributed by atoms with Crippen LogP contribution < -0.4 is 0 Å². The summed E-state index contributed by atoms with van der Waals surface area (Å²) in [5, 5.41) is 7.73. The van der Waals surface area contributed by atoms with Gasteiger partial charge in [-0.2, -0.15) is 5.10 Å². The summed E-state index contributed by atoms with van der Waals surface area (Å²) in [5.41, 5.74) is 4.74. The van der Waals surface area contributed by atoms with Crippen LogP contribution in [-0.4, -0.2) is 31.1 Å². The molecule has 1 spiro atoms. The standard InChI is InChI=1S/C25H21N5O2/c31-24-18-8-12-26-15-19(18)25(32-24)10-6-16(7-11-25)21-14-22(30-29-21)20-9-13-27-23(28-20)17-4-2-1-3-5-17/h1-5,8-9,12-16H,6-7,10-11H2,(H,29,30)/t16-,25+. The number of nitrogens with zero attached hydrogens (tertiary/aromatic N) is 4. The smallest absolute Gasteiger partial charge is 0.339 e. The molecule has 0 bridgehead atoms. The number of hydrogen-bond donors (Lipinski definition) is 1. The first-order chi connectivity index (χ1) is 15.7. The van der Waals surface area contributed by atoms with Crippen molar-refractivity contribution in [3.05, 3.63) is 83.9 Å². The van der Waals surface area contributed by atoms with Crippen molar-refractivity contribution < 1.29 is 9.53 Å². The van der Waals surface area contributed by atoms with E-state index in [-0.39, 0.29) is 5.97 Å². The van der Waals surface area contributed by atoms with Crippen LogP contribution in [0, 0.1) is 0 Å². The Hall–Kier alpha value is -3.87. The van der Waals surface area contributed by atoms with E-state index < -0.39 is 5.60 Å². The number of rotatable bonds is 3. The van der Waals surface area contributed by atoms with E-state index in [0.717, 1.165) is 53.9 Å². The molecule has 1 saturated carbocycles. The molecular weight excluding hydrogens is 402 g/mol. The van der Waals surface area contributed by atoms with Crippen molar-refractivity contribution in [1.29, 1.82) is 0 Å². The van der Waals surface area contributed by atoms with Gasteiger partial charge in [0.15, 0.2) is 5.82 Å². The van der Waals surface area contributed by atoms with Gasteiger partial charge in [0.1, 0.15) is 5.60 Å². The Labute approximate surface area is 184 Å². The van der Waals surface area contributed by atoms with Gasteiger partial charge in [0.2, 0.25) is 0 Å². The van der Waals surface area contributed by atoms with Crippen LogP contribution in [0.15, 0.2) is 67.1 Å². The minimum atomic E-state index is -0.534. The molecule has 1 fully saturated rings. The predicted octanol–water partition coefficient (Wildman–Crippen LogP) is 4.65. The van der Waals surface area contributed by atoms with E-state index in [2.05, 4.69) is 26.2 Å². The fourth-order valence-corrected chi connectivity index (χ4v) is 4.89. The molecule has 1 aliphatic heterocycles. The molecule has 32 heavy (non-hydrogen) atoms. The first-order valence-corrected chi connectivity index (χ1v) is 10.8. The summed E-state index contributed by atoms with van der Waals surface area (Å²) in [5.74, 6) is 0.760. The predicted molar refractivity (Wildman–Crippen MR) is 118 cm³/mol. The Morgan fingerprint density at radius 2 is 1.88 bits per heavy atom. The zero-order valence-corrected chi connectivity index (χ0v) is 17.4. The molecule has 0 saturated heterocycles. The number of pyridine rings is 1. The third kappa shape index (κ3) is 3.09. The van der Waals surface area contributed by atoms with E-state index >= 15 is 0 Å². The number of H-pyrrole nitrogens is 1. The van der Waals surface area contributed by atoms with Crippen LogP contribution in [-0.2, 0) is 10.3 Å². The Kier molecular flexibility index (Phi) is 4.35. The summed E-state index contributed by atoms with van der Waals surface area (Å²) in [6.45, 7) is 0. The average molecular weight is 423 g/mol. The van der Waals surface area contributed by atoms with E-state index in [9.17, 15) is 4.79 Å². The maximum absolute atomic E-state index is 12.3. The van der Waals surface area contributed by atoms with Gasteiger partial charge in [0.25, 0.3) is 0 Å². The summed E-state index contributed by atoms with van der Waals surface area (Å²) < 4.78 is 5.85. The van der Waals surface area contributed by atoms with Crippen molar-refractivity contribution in [1.82, 2.24) is 25.1 Å². The molecule has 1 N–H and O–H groups in total. The van der Waals surface area contributed by atoms with E-state index in [1.165, 1.54) is 0 Å². The van der Waals surface area contributed by atoms with Crippen LogP contribution in [0.1, 0.15) is 53.2 Å². The summed E-state index contributed by atoms with van der Waals surface area (Å²) in [6.07, 6.45) is 8.54. The van der Waals surface area contributed by atoms with Crippen molar-refractivity contribution >= 4 is 5.97 Å². The number of esters is 1. The van der Waals surface area contributed by atoms with Crippen molar-refractivity contribution in [3.8, 4) is 22.8 Å². The van der Waals surface area contributed by atoms with Gasteiger partial charge >= 0.3 is 5.97 Å². The third-order valence-corrected chi connectivity index (χ3v) is 6.59. The molecular formula is C25H21N5O2. The number of aromatic nitrogens is 5. The number of aromatic amines is 1. The molecule has 0 unspecified atom stereocenters. The van der Waals surface area contributed by atoms with Gasteiger partial charge in [-0.3, -0.25) is 10.1 Å². The number of fused-ring (bicyclic) bond motifs is 2. The first-order valence-electron chi connectivity index (χ1n) is 10.8. The second-order valence-electron chi connectivity index (χ2n) is 8.42. The Morgan fingerprint density at radius 1 is 1.03 bits per heavy atom. The highest BCUT2D eigenvalue weighted by atomic mass is 16.6. The van der Waals surface area contributed by atoms with Gasteiger partial charge in [-0.15, -0.1) is 0 Å². The largest absolute Gasteiger partial charge is 0.450 e. The van der Waals surface area contributed by atoms with Crippen LogP contribution >= 0.6 is 0 Å². The first kappa shape index (κ1) is 18.9. The molecule has 4 aromatic rings. The summed E-state index contributed by atoms with van der Waals surface area (Å²) in [6, 6.07) is 15.7. The van der Waals surface area contributed by atoms with E-state index in [1.54, 1.807) is 24.7 Å². The van der Waals surface area contributed by atoms with Crippen LogP contribution in [0.2, 0.25) is 0 Å². The maximum Gasteiger partial charge on any atom is 0.339 e. The van der Waals surface area contributed by atoms with E-state index in [0.29, 0.717) is 17.3 Å². The minimum absolute atomic E-state index is 0.235. The molecule has 0 amide bonds. The third-order valence-electron chi connectivity index (χ3n) is 6.59. The minimum Gasteiger partial charge on any atom is -0.450 e. The zero-order valence-electron chi connectivity index (χ0n) is 17.4. The van der Waals surface area contributed by atoms with Gasteiger partial charge in [0.05, 0.1) is 22.6 Å². The van der Waals surface area contributed by atoms with Crippen LogP contribution in [0.3, 0.4) is 0 Å². The van der Waals surface area contributed by atoms with E-state index in [1.807, 2.05) is 36.4 Å². The van der Waals surface area contributed by atoms with Gasteiger partial charge in [-0.25, -0.2) is 14.8 Å². The number of carbonyl (C=O) groups excluding carboxylic acids is 1. The highest BCUT2D eigenvalue weighted by molar-refractivity contribution is 5.94. The van der Waals surface area contributed by atoms with Gasteiger partial charge in [0, 0.05) is 35.6 Å². The summed E-state index contributed by atoms with van der Waals surface area (Å²) in [7, 11) is 0. The summed E-state index contributed by atoms with van der Waals surface area (Å²) >= 11 is 0. The van der Waals surface area contributed by atoms with Gasteiger partial charge in [-0.1, -0.05) is 30.3 Å². The normalized spacial score (nSPS) is 22.0. The van der Waals surface area contributed by atoms with Crippen molar-refractivity contribution in [2.45, 2.75) is 37.2 Å². The Bertz CT molecular complexity index is 1290. The Morgan fingerprint density at radius 3 is 2.72 bits per heavy atom. The fourth-order valence-electron chi connectivity index (χ4n) is 4.89. The zero-order chi connectivity index (χ0) is 21.5. The number of nitrogens with one attached hydrogen (secondary N) is 1. The number of carbonyl (C=O) groups is 1. The lowest BCUT2D eigenvalue weighted by Crippen LogP contribution is -2.31. The lowest BCUT2D eigenvalue weighted by Gasteiger charge is -2.35. The molecule has 3 aromatic heterocycles. The van der Waals surface area contributed by atoms with Crippen LogP contribution in [0.5, 0.6) is 0 Å². The molecule has 6 rings (SSSR count). The highest BCUT2D eigenvalue weighted by Gasteiger charge is 2.48. The molecule has 158 valence electrons. The maximum atomic E-state index is 12.3. The second-order valence-corrected chi connectivity index (χ2v) is 8.42. The van der Waals surface area contributed by atoms with Gasteiger partial charge in [-0.05, 0) is 43.9 Å². The molecule has 1 aromatic carbocycles. The average Bonchev–Trinajstić information content (AvgIpc) is 3.45. The van der Waals surface area contributed by atoms with Crippen molar-refractivity contribution in [3.63, 3.8) is 0 Å². The molecule has 2 aliphatic rings. The quantitative estimate of drug-likeness (QED) is 0.482. The topological polar surface area (TPSA) is 93.7 Å². The molecule has 0 atom stereocenters. The van der Waals surface area contributed by atoms with Crippen LogP contribution in [0.4, 0.5) is 0 Å². The summed E-state index contributed by atoms with van der Waals surface area (Å²) in [4.78, 5) is 25.6. The number of benzene rings is 1. The molecule has 1 aliphatic carbocycles. The second kappa shape index (κ2) is 7.37. The van der Waals surface area contributed by atoms with Gasteiger partial charge < -0.3 is 4.74 Å². The highest BCUT2D eigenvalue weighted by Crippen LogP contribution is 2.49. The lowest BCUT2D eigenvalue weighted by atomic mass is 9.74. The lowest BCUT2D eigenvalue weighted by molar-refractivity contribution is -0.0312. The molecule has 7 nitrogen and oxygen atoms in total. The monoisotopic (exact) mass is 423 g/mol. The SMILES string of the molecule is O=C1O[C@]2(CC[C@@H](c3cc(-c4ccnc(-c5ccccc5)n4)[nH]n3)CC2)c2cnccc21. The number of ether oxygens (including phenoxy) is 1. The molecule has 0 radical (unpaired) electrons. The Balaban J connectivity index is 1.21. The van der Waals surface area contributed by atoms with Crippen molar-refractivity contribution in [2.75, 3.05) is 0 Å². The van der Waals surface area contributed by atoms with Crippen LogP contribution in [0.25, 0.3) is 22.8 Å². The molecule has 7 heteroatoms. The van der Waals surface area contributed by atoms with E-state index in [4.69, 9.17) is 9.72 Å². The van der Waals surface area contributed by atoms with Crippen molar-refractivity contribution in [2.24, 2.45) is 0 Å². The molecule has 4 heterocycles.